The van der Waals surface area contributed by atoms with Crippen LogP contribution in [0.25, 0.3) is 16.6 Å². The number of hydrogen-bond acceptors (Lipinski definition) is 6. The highest BCUT2D eigenvalue weighted by Gasteiger charge is 2.28. The number of imidazole rings is 1. The third-order valence-corrected chi connectivity index (χ3v) is 7.12. The first kappa shape index (κ1) is 27.7. The molecule has 0 aliphatic rings. The summed E-state index contributed by atoms with van der Waals surface area (Å²) in [5.74, 6) is 0.145. The number of carbonyl (C=O) groups excluding carboxylic acids is 2. The van der Waals surface area contributed by atoms with Crippen LogP contribution in [0, 0.1) is 5.92 Å². The smallest absolute Gasteiger partial charge is 0.221 e. The van der Waals surface area contributed by atoms with E-state index < -0.39 is 12.1 Å². The van der Waals surface area contributed by atoms with Gasteiger partial charge in [-0.05, 0) is 60.4 Å². The van der Waals surface area contributed by atoms with Crippen LogP contribution in [0.2, 0.25) is 0 Å². The standard InChI is InChI=1S/C32H33N5O4/c1-40-30-9-5-2-6-22(30)10-15-31(39)36-32(33)27(18-23-19-35-28-8-4-3-7-26(23)28)29(38)20-41-25-13-11-24(12-14-25)37-17-16-34-21-37/h2-9,11-14,16-17,19,21,27,32,35H,10,15,18,20,33H2,1H3,(H,36,39). The summed E-state index contributed by atoms with van der Waals surface area (Å²) < 4.78 is 13.1. The van der Waals surface area contributed by atoms with Crippen molar-refractivity contribution in [3.63, 3.8) is 0 Å². The van der Waals surface area contributed by atoms with E-state index in [1.165, 1.54) is 0 Å². The van der Waals surface area contributed by atoms with Crippen molar-refractivity contribution >= 4 is 22.6 Å². The van der Waals surface area contributed by atoms with E-state index in [0.29, 0.717) is 18.6 Å². The number of aromatic nitrogens is 3. The van der Waals surface area contributed by atoms with Crippen LogP contribution in [0.15, 0.2) is 97.7 Å². The van der Waals surface area contributed by atoms with Gasteiger partial charge in [-0.2, -0.15) is 0 Å². The number of aromatic amines is 1. The fourth-order valence-electron chi connectivity index (χ4n) is 4.88. The molecule has 2 atom stereocenters. The molecule has 3 aromatic carbocycles. The summed E-state index contributed by atoms with van der Waals surface area (Å²) in [5.41, 5.74) is 10.3. The van der Waals surface area contributed by atoms with E-state index in [4.69, 9.17) is 15.2 Å². The Balaban J connectivity index is 1.26. The second kappa shape index (κ2) is 13.0. The van der Waals surface area contributed by atoms with Crippen molar-refractivity contribution in [3.05, 3.63) is 109 Å². The van der Waals surface area contributed by atoms with Gasteiger partial charge in [-0.15, -0.1) is 0 Å². The number of nitrogens with two attached hydrogens (primary N) is 1. The monoisotopic (exact) mass is 551 g/mol. The van der Waals surface area contributed by atoms with Gasteiger partial charge in [-0.1, -0.05) is 36.4 Å². The maximum Gasteiger partial charge on any atom is 0.221 e. The Kier molecular flexibility index (Phi) is 8.76. The van der Waals surface area contributed by atoms with Crippen LogP contribution in [0.3, 0.4) is 0 Å². The summed E-state index contributed by atoms with van der Waals surface area (Å²) in [7, 11) is 1.60. The molecule has 0 fully saturated rings. The lowest BCUT2D eigenvalue weighted by Gasteiger charge is -2.24. The number of H-pyrrole nitrogens is 1. The van der Waals surface area contributed by atoms with Crippen molar-refractivity contribution in [2.24, 2.45) is 11.7 Å². The summed E-state index contributed by atoms with van der Waals surface area (Å²) in [5, 5.41) is 3.86. The minimum absolute atomic E-state index is 0.178. The Hall–Kier alpha value is -4.89. The number of hydrogen-bond donors (Lipinski definition) is 3. The van der Waals surface area contributed by atoms with Gasteiger partial charge in [0, 0.05) is 41.6 Å². The number of nitrogens with zero attached hydrogens (tertiary/aromatic N) is 2. The molecular weight excluding hydrogens is 518 g/mol. The summed E-state index contributed by atoms with van der Waals surface area (Å²) in [6.45, 7) is -0.178. The molecule has 0 saturated carbocycles. The van der Waals surface area contributed by atoms with Gasteiger partial charge in [-0.25, -0.2) is 4.98 Å². The predicted molar refractivity (Wildman–Crippen MR) is 157 cm³/mol. The van der Waals surface area contributed by atoms with Crippen LogP contribution in [0.4, 0.5) is 0 Å². The number of nitrogens with one attached hydrogen (secondary N) is 2. The van der Waals surface area contributed by atoms with Gasteiger partial charge < -0.3 is 30.1 Å². The van der Waals surface area contributed by atoms with Gasteiger partial charge >= 0.3 is 0 Å². The number of ketones is 1. The highest BCUT2D eigenvalue weighted by molar-refractivity contribution is 5.87. The first-order valence-corrected chi connectivity index (χ1v) is 13.5. The predicted octanol–water partition coefficient (Wildman–Crippen LogP) is 4.20. The Morgan fingerprint density at radius 3 is 2.59 bits per heavy atom. The van der Waals surface area contributed by atoms with E-state index in [0.717, 1.165) is 33.5 Å². The number of fused-ring (bicyclic) bond motifs is 1. The zero-order chi connectivity index (χ0) is 28.6. The van der Waals surface area contributed by atoms with Crippen molar-refractivity contribution < 1.29 is 19.1 Å². The maximum atomic E-state index is 13.5. The van der Waals surface area contributed by atoms with Crippen LogP contribution in [-0.2, 0) is 22.4 Å². The maximum absolute atomic E-state index is 13.5. The molecule has 4 N–H and O–H groups in total. The van der Waals surface area contributed by atoms with E-state index in [1.807, 2.05) is 77.6 Å². The van der Waals surface area contributed by atoms with E-state index >= 15 is 0 Å². The largest absolute Gasteiger partial charge is 0.496 e. The number of carbonyl (C=O) groups is 2. The normalized spacial score (nSPS) is 12.5. The molecule has 2 heterocycles. The highest BCUT2D eigenvalue weighted by Crippen LogP contribution is 2.23. The number of ether oxygens (including phenoxy) is 2. The Labute approximate surface area is 238 Å². The Bertz CT molecular complexity index is 1590. The van der Waals surface area contributed by atoms with Gasteiger partial charge in [-0.3, -0.25) is 9.59 Å². The fourth-order valence-corrected chi connectivity index (χ4v) is 4.88. The molecule has 0 bridgehead atoms. The number of rotatable bonds is 13. The number of aryl methyl sites for hydroxylation is 1. The number of benzene rings is 3. The van der Waals surface area contributed by atoms with Crippen molar-refractivity contribution in [1.82, 2.24) is 19.9 Å². The lowest BCUT2D eigenvalue weighted by molar-refractivity contribution is -0.127. The van der Waals surface area contributed by atoms with E-state index in [-0.39, 0.29) is 24.7 Å². The van der Waals surface area contributed by atoms with Crippen molar-refractivity contribution in [2.45, 2.75) is 25.4 Å². The molecule has 210 valence electrons. The molecule has 0 radical (unpaired) electrons. The molecule has 0 aliphatic heterocycles. The topological polar surface area (TPSA) is 124 Å². The first-order chi connectivity index (χ1) is 20.0. The molecule has 0 saturated heterocycles. The molecule has 9 nitrogen and oxygen atoms in total. The van der Waals surface area contributed by atoms with E-state index in [2.05, 4.69) is 15.3 Å². The first-order valence-electron chi connectivity index (χ1n) is 13.5. The van der Waals surface area contributed by atoms with Crippen LogP contribution in [-0.4, -0.2) is 46.1 Å². The average Bonchev–Trinajstić information content (AvgIpc) is 3.69. The molecule has 0 aliphatic carbocycles. The zero-order valence-corrected chi connectivity index (χ0v) is 22.8. The molecular formula is C32H33N5O4. The van der Waals surface area contributed by atoms with E-state index in [1.54, 1.807) is 31.8 Å². The number of methoxy groups -OCH3 is 1. The van der Waals surface area contributed by atoms with Crippen molar-refractivity contribution in [2.75, 3.05) is 13.7 Å². The third-order valence-electron chi connectivity index (χ3n) is 7.12. The van der Waals surface area contributed by atoms with Crippen LogP contribution in [0.5, 0.6) is 11.5 Å². The number of para-hydroxylation sites is 2. The summed E-state index contributed by atoms with van der Waals surface area (Å²) >= 11 is 0. The summed E-state index contributed by atoms with van der Waals surface area (Å²) in [6.07, 6.45) is 7.30. The molecule has 5 aromatic rings. The van der Waals surface area contributed by atoms with Crippen molar-refractivity contribution in [1.29, 1.82) is 0 Å². The molecule has 2 aromatic heterocycles. The van der Waals surface area contributed by atoms with Gasteiger partial charge in [0.1, 0.15) is 18.1 Å². The number of Topliss-reactive ketones (excluding diaryl/α,β-unsaturated/α-hetero) is 1. The highest BCUT2D eigenvalue weighted by atomic mass is 16.5. The average molecular weight is 552 g/mol. The zero-order valence-electron chi connectivity index (χ0n) is 22.8. The summed E-state index contributed by atoms with van der Waals surface area (Å²) in [6, 6.07) is 22.8. The van der Waals surface area contributed by atoms with Crippen molar-refractivity contribution in [3.8, 4) is 17.2 Å². The molecule has 9 heteroatoms. The van der Waals surface area contributed by atoms with Crippen LogP contribution >= 0.6 is 0 Å². The summed E-state index contributed by atoms with van der Waals surface area (Å²) in [4.78, 5) is 33.7. The SMILES string of the molecule is COc1ccccc1CCC(=O)NC(N)C(Cc1c[nH]c2ccccc12)C(=O)COc1ccc(-n2ccnc2)cc1. The van der Waals surface area contributed by atoms with Gasteiger partial charge in [0.25, 0.3) is 0 Å². The van der Waals surface area contributed by atoms with Gasteiger partial charge in [0.15, 0.2) is 5.78 Å². The van der Waals surface area contributed by atoms with Crippen LogP contribution in [0.1, 0.15) is 17.5 Å². The molecule has 0 spiro atoms. The third kappa shape index (κ3) is 6.82. The lowest BCUT2D eigenvalue weighted by Crippen LogP contribution is -2.51. The molecule has 2 unspecified atom stereocenters. The second-order valence-corrected chi connectivity index (χ2v) is 9.79. The van der Waals surface area contributed by atoms with Crippen LogP contribution < -0.4 is 20.5 Å². The Morgan fingerprint density at radius 2 is 1.80 bits per heavy atom. The minimum atomic E-state index is -0.895. The van der Waals surface area contributed by atoms with E-state index in [9.17, 15) is 9.59 Å². The minimum Gasteiger partial charge on any atom is -0.496 e. The van der Waals surface area contributed by atoms with Gasteiger partial charge in [0.2, 0.25) is 5.91 Å². The number of amides is 1. The Morgan fingerprint density at radius 1 is 1.02 bits per heavy atom. The quantitative estimate of drug-likeness (QED) is 0.188. The molecule has 41 heavy (non-hydrogen) atoms. The fraction of sp³-hybridized carbons (Fsp3) is 0.219. The molecule has 1 amide bonds. The second-order valence-electron chi connectivity index (χ2n) is 9.79. The molecule has 5 rings (SSSR count). The lowest BCUT2D eigenvalue weighted by atomic mass is 9.92. The van der Waals surface area contributed by atoms with Gasteiger partial charge in [0.05, 0.1) is 25.5 Å².